The van der Waals surface area contributed by atoms with Gasteiger partial charge in [0.15, 0.2) is 0 Å². The summed E-state index contributed by atoms with van der Waals surface area (Å²) >= 11 is 0. The van der Waals surface area contributed by atoms with Gasteiger partial charge in [-0.3, -0.25) is 9.10 Å². The molecule has 0 atom stereocenters. The number of hydrogen-bond acceptors (Lipinski definition) is 4. The molecule has 0 unspecified atom stereocenters. The Morgan fingerprint density at radius 1 is 1.08 bits per heavy atom. The van der Waals surface area contributed by atoms with Gasteiger partial charge in [-0.05, 0) is 43.7 Å². The fraction of sp³-hybridized carbons (Fsp3) is 0.316. The van der Waals surface area contributed by atoms with E-state index in [0.29, 0.717) is 18.0 Å². The second-order valence-electron chi connectivity index (χ2n) is 6.19. The lowest BCUT2D eigenvalue weighted by Gasteiger charge is -2.22. The summed E-state index contributed by atoms with van der Waals surface area (Å²) in [5.74, 6) is 0.271. The molecule has 0 fully saturated rings. The third-order valence-corrected chi connectivity index (χ3v) is 4.66. The van der Waals surface area contributed by atoms with Gasteiger partial charge in [0.25, 0.3) is 0 Å². The number of amides is 1. The molecule has 0 heterocycles. The van der Waals surface area contributed by atoms with Crippen molar-refractivity contribution in [3.63, 3.8) is 0 Å². The van der Waals surface area contributed by atoms with Crippen LogP contribution in [0.3, 0.4) is 0 Å². The van der Waals surface area contributed by atoms with Gasteiger partial charge in [0, 0.05) is 6.54 Å². The normalized spacial score (nSPS) is 11.2. The number of sulfonamides is 1. The highest BCUT2D eigenvalue weighted by molar-refractivity contribution is 7.92. The first-order valence-corrected chi connectivity index (χ1v) is 10.2. The molecule has 6 nitrogen and oxygen atoms in total. The van der Waals surface area contributed by atoms with Gasteiger partial charge in [-0.1, -0.05) is 30.3 Å². The van der Waals surface area contributed by atoms with Crippen molar-refractivity contribution in [2.75, 3.05) is 17.1 Å². The highest BCUT2D eigenvalue weighted by atomic mass is 32.2. The van der Waals surface area contributed by atoms with Gasteiger partial charge in [-0.2, -0.15) is 0 Å². The average Bonchev–Trinajstić information content (AvgIpc) is 2.58. The van der Waals surface area contributed by atoms with Gasteiger partial charge in [-0.25, -0.2) is 8.42 Å². The molecule has 1 N–H and O–H groups in total. The SMILES string of the molecule is CC(C)Oc1ccc(N(CC(=O)NCc2ccccc2)S(C)(=O)=O)cc1. The van der Waals surface area contributed by atoms with E-state index < -0.39 is 10.0 Å². The molecule has 0 saturated heterocycles. The summed E-state index contributed by atoms with van der Waals surface area (Å²) in [6.45, 7) is 3.88. The van der Waals surface area contributed by atoms with E-state index in [0.717, 1.165) is 16.1 Å². The Bertz CT molecular complexity index is 818. The maximum atomic E-state index is 12.2. The molecule has 1 amide bonds. The van der Waals surface area contributed by atoms with Gasteiger partial charge < -0.3 is 10.1 Å². The second kappa shape index (κ2) is 8.71. The molecule has 0 aliphatic heterocycles. The summed E-state index contributed by atoms with van der Waals surface area (Å²) in [6.07, 6.45) is 1.10. The second-order valence-corrected chi connectivity index (χ2v) is 8.10. The number of rotatable bonds is 8. The van der Waals surface area contributed by atoms with Crippen molar-refractivity contribution in [1.82, 2.24) is 5.32 Å². The lowest BCUT2D eigenvalue weighted by molar-refractivity contribution is -0.119. The topological polar surface area (TPSA) is 75.7 Å². The zero-order valence-electron chi connectivity index (χ0n) is 15.2. The van der Waals surface area contributed by atoms with Gasteiger partial charge in [0.05, 0.1) is 18.0 Å². The molecule has 140 valence electrons. The molecule has 2 rings (SSSR count). The van der Waals surface area contributed by atoms with Gasteiger partial charge in [-0.15, -0.1) is 0 Å². The smallest absolute Gasteiger partial charge is 0.241 e. The third-order valence-electron chi connectivity index (χ3n) is 3.52. The summed E-state index contributed by atoms with van der Waals surface area (Å²) in [4.78, 5) is 12.2. The van der Waals surface area contributed by atoms with Gasteiger partial charge in [0.2, 0.25) is 15.9 Å². The van der Waals surface area contributed by atoms with Crippen LogP contribution in [0.4, 0.5) is 5.69 Å². The Kier molecular flexibility index (Phi) is 6.63. The largest absolute Gasteiger partial charge is 0.491 e. The van der Waals surface area contributed by atoms with E-state index in [9.17, 15) is 13.2 Å². The minimum absolute atomic E-state index is 0.0237. The molecule has 0 aromatic heterocycles. The zero-order chi connectivity index (χ0) is 19.2. The predicted octanol–water partition coefficient (Wildman–Crippen LogP) is 2.56. The summed E-state index contributed by atoms with van der Waals surface area (Å²) in [7, 11) is -3.60. The number of hydrogen-bond donors (Lipinski definition) is 1. The Hall–Kier alpha value is -2.54. The standard InChI is InChI=1S/C19H24N2O4S/c1-15(2)25-18-11-9-17(10-12-18)21(26(3,23)24)14-19(22)20-13-16-7-5-4-6-8-16/h4-12,15H,13-14H2,1-3H3,(H,20,22). The minimum Gasteiger partial charge on any atom is -0.491 e. The van der Waals surface area contributed by atoms with E-state index in [4.69, 9.17) is 4.74 Å². The highest BCUT2D eigenvalue weighted by Gasteiger charge is 2.20. The first-order chi connectivity index (χ1) is 12.3. The summed E-state index contributed by atoms with van der Waals surface area (Å²) in [6, 6.07) is 16.1. The zero-order valence-corrected chi connectivity index (χ0v) is 16.0. The van der Waals surface area contributed by atoms with Crippen LogP contribution in [0.5, 0.6) is 5.75 Å². The van der Waals surface area contributed by atoms with E-state index >= 15 is 0 Å². The minimum atomic E-state index is -3.60. The Labute approximate surface area is 154 Å². The first kappa shape index (κ1) is 19.8. The van der Waals surface area contributed by atoms with Crippen LogP contribution >= 0.6 is 0 Å². The maximum Gasteiger partial charge on any atom is 0.241 e. The van der Waals surface area contributed by atoms with Crippen LogP contribution in [0.25, 0.3) is 0 Å². The van der Waals surface area contributed by atoms with E-state index in [-0.39, 0.29) is 18.6 Å². The molecule has 2 aromatic carbocycles. The van der Waals surface area contributed by atoms with Crippen LogP contribution in [-0.2, 0) is 21.4 Å². The first-order valence-electron chi connectivity index (χ1n) is 8.31. The molecule has 0 saturated carbocycles. The lowest BCUT2D eigenvalue weighted by atomic mass is 10.2. The summed E-state index contributed by atoms with van der Waals surface area (Å²) < 4.78 is 30.9. The van der Waals surface area contributed by atoms with Crippen molar-refractivity contribution in [2.24, 2.45) is 0 Å². The number of carbonyl (C=O) groups excluding carboxylic acids is 1. The van der Waals surface area contributed by atoms with Crippen LogP contribution in [-0.4, -0.2) is 33.2 Å². The van der Waals surface area contributed by atoms with Gasteiger partial charge >= 0.3 is 0 Å². The summed E-state index contributed by atoms with van der Waals surface area (Å²) in [5, 5.41) is 2.74. The highest BCUT2D eigenvalue weighted by Crippen LogP contribution is 2.22. The number of nitrogens with zero attached hydrogens (tertiary/aromatic N) is 1. The van der Waals surface area contributed by atoms with E-state index in [1.165, 1.54) is 0 Å². The summed E-state index contributed by atoms with van der Waals surface area (Å²) in [5.41, 5.74) is 1.36. The molecule has 7 heteroatoms. The molecule has 0 radical (unpaired) electrons. The fourth-order valence-corrected chi connectivity index (χ4v) is 3.20. The van der Waals surface area contributed by atoms with Crippen LogP contribution in [0, 0.1) is 0 Å². The van der Waals surface area contributed by atoms with Crippen molar-refractivity contribution >= 4 is 21.6 Å². The van der Waals surface area contributed by atoms with Crippen molar-refractivity contribution in [3.05, 3.63) is 60.2 Å². The number of ether oxygens (including phenoxy) is 1. The predicted molar refractivity (Wildman–Crippen MR) is 103 cm³/mol. The monoisotopic (exact) mass is 376 g/mol. The molecular formula is C19H24N2O4S. The Morgan fingerprint density at radius 3 is 2.23 bits per heavy atom. The number of carbonyl (C=O) groups is 1. The van der Waals surface area contributed by atoms with Crippen LogP contribution in [0.15, 0.2) is 54.6 Å². The lowest BCUT2D eigenvalue weighted by Crippen LogP contribution is -2.40. The molecule has 2 aromatic rings. The number of anilines is 1. The molecule has 0 spiro atoms. The van der Waals surface area contributed by atoms with E-state index in [1.807, 2.05) is 44.2 Å². The molecule has 0 aliphatic rings. The van der Waals surface area contributed by atoms with Crippen molar-refractivity contribution < 1.29 is 17.9 Å². The van der Waals surface area contributed by atoms with Crippen LogP contribution in [0.2, 0.25) is 0 Å². The van der Waals surface area contributed by atoms with Crippen molar-refractivity contribution in [2.45, 2.75) is 26.5 Å². The Balaban J connectivity index is 2.06. The van der Waals surface area contributed by atoms with Crippen LogP contribution in [0.1, 0.15) is 19.4 Å². The maximum absolute atomic E-state index is 12.2. The average molecular weight is 376 g/mol. The number of benzene rings is 2. The van der Waals surface area contributed by atoms with E-state index in [1.54, 1.807) is 24.3 Å². The quantitative estimate of drug-likeness (QED) is 0.768. The molecule has 0 aliphatic carbocycles. The third kappa shape index (κ3) is 6.07. The Morgan fingerprint density at radius 2 is 1.69 bits per heavy atom. The van der Waals surface area contributed by atoms with Crippen molar-refractivity contribution in [3.8, 4) is 5.75 Å². The van der Waals surface area contributed by atoms with E-state index in [2.05, 4.69) is 5.32 Å². The molecule has 26 heavy (non-hydrogen) atoms. The fourth-order valence-electron chi connectivity index (χ4n) is 2.35. The van der Waals surface area contributed by atoms with Crippen LogP contribution < -0.4 is 14.4 Å². The number of nitrogens with one attached hydrogen (secondary N) is 1. The molecule has 0 bridgehead atoms. The van der Waals surface area contributed by atoms with Crippen molar-refractivity contribution in [1.29, 1.82) is 0 Å². The molecular weight excluding hydrogens is 352 g/mol. The van der Waals surface area contributed by atoms with Gasteiger partial charge in [0.1, 0.15) is 12.3 Å².